The molecule has 36 heavy (non-hydrogen) atoms. The van der Waals surface area contributed by atoms with Gasteiger partial charge in [-0.25, -0.2) is 9.18 Å². The number of amides is 2. The van der Waals surface area contributed by atoms with Crippen molar-refractivity contribution in [2.24, 2.45) is 0 Å². The molecule has 2 amide bonds. The van der Waals surface area contributed by atoms with Crippen LogP contribution in [-0.4, -0.2) is 81.2 Å². The number of hydrogen-bond acceptors (Lipinski definition) is 7. The first-order valence-electron chi connectivity index (χ1n) is 11.7. The van der Waals surface area contributed by atoms with Crippen LogP contribution in [0.15, 0.2) is 48.5 Å². The molecule has 192 valence electrons. The van der Waals surface area contributed by atoms with Crippen LogP contribution in [0.2, 0.25) is 0 Å². The lowest BCUT2D eigenvalue weighted by atomic mass is 10.2. The number of thiocarbonyl (C=S) groups is 1. The lowest BCUT2D eigenvalue weighted by Crippen LogP contribution is -2.50. The summed E-state index contributed by atoms with van der Waals surface area (Å²) in [6.45, 7) is 2.92. The molecule has 2 saturated heterocycles. The molecule has 0 radical (unpaired) electrons. The number of cyclic esters (lactones) is 1. The third kappa shape index (κ3) is 6.41. The van der Waals surface area contributed by atoms with Crippen LogP contribution in [0.4, 0.5) is 20.6 Å². The fourth-order valence-electron chi connectivity index (χ4n) is 4.15. The van der Waals surface area contributed by atoms with E-state index in [1.807, 2.05) is 35.2 Å². The normalized spacial score (nSPS) is 17.7. The summed E-state index contributed by atoms with van der Waals surface area (Å²) in [6, 6.07) is 14.4. The Morgan fingerprint density at radius 3 is 2.61 bits per heavy atom. The van der Waals surface area contributed by atoms with Gasteiger partial charge in [-0.2, -0.15) is 0 Å². The van der Waals surface area contributed by atoms with Gasteiger partial charge in [0, 0.05) is 26.2 Å². The van der Waals surface area contributed by atoms with E-state index in [2.05, 4.69) is 5.32 Å². The van der Waals surface area contributed by atoms with Gasteiger partial charge < -0.3 is 29.3 Å². The second kappa shape index (κ2) is 12.0. The van der Waals surface area contributed by atoms with Crippen LogP contribution in [0, 0.1) is 5.82 Å². The Bertz CT molecular complexity index is 1080. The zero-order valence-corrected chi connectivity index (χ0v) is 20.8. The smallest absolute Gasteiger partial charge is 0.414 e. The molecule has 2 aliphatic rings. The number of carbonyl (C=O) groups excluding carboxylic acids is 2. The number of anilines is 2. The lowest BCUT2D eigenvalue weighted by Gasteiger charge is -2.36. The van der Waals surface area contributed by atoms with E-state index in [9.17, 15) is 9.59 Å². The minimum Gasteiger partial charge on any atom is -0.474 e. The number of rotatable bonds is 8. The Morgan fingerprint density at radius 2 is 1.92 bits per heavy atom. The Hall–Kier alpha value is -3.44. The van der Waals surface area contributed by atoms with Crippen molar-refractivity contribution in [3.05, 3.63) is 59.9 Å². The van der Waals surface area contributed by atoms with Crippen LogP contribution in [0.1, 0.15) is 5.56 Å². The van der Waals surface area contributed by atoms with Crippen molar-refractivity contribution < 1.29 is 28.2 Å². The molecule has 0 aliphatic carbocycles. The molecular weight excluding hydrogens is 487 g/mol. The summed E-state index contributed by atoms with van der Waals surface area (Å²) < 4.78 is 30.8. The maximum Gasteiger partial charge on any atom is 0.414 e. The SMILES string of the molecule is COC(=S)NCC1CN(c2ccc(N3CCN(C(=O)COCc4ccccc4)CC3)c(F)c2)C(=O)O1. The fourth-order valence-corrected chi connectivity index (χ4v) is 4.23. The summed E-state index contributed by atoms with van der Waals surface area (Å²) in [5.41, 5.74) is 1.86. The Balaban J connectivity index is 1.26. The number of piperazine rings is 1. The van der Waals surface area contributed by atoms with Gasteiger partial charge in [0.05, 0.1) is 38.2 Å². The van der Waals surface area contributed by atoms with Gasteiger partial charge in [0.2, 0.25) is 5.91 Å². The quantitative estimate of drug-likeness (QED) is 0.536. The summed E-state index contributed by atoms with van der Waals surface area (Å²) in [7, 11) is 1.45. The predicted molar refractivity (Wildman–Crippen MR) is 137 cm³/mol. The molecule has 0 aromatic heterocycles. The third-order valence-electron chi connectivity index (χ3n) is 6.09. The number of nitrogens with zero attached hydrogens (tertiary/aromatic N) is 3. The van der Waals surface area contributed by atoms with Crippen LogP contribution < -0.4 is 15.1 Å². The van der Waals surface area contributed by atoms with Gasteiger partial charge in [-0.05, 0) is 36.0 Å². The van der Waals surface area contributed by atoms with E-state index in [4.69, 9.17) is 26.4 Å². The second-order valence-electron chi connectivity index (χ2n) is 8.47. The zero-order chi connectivity index (χ0) is 25.5. The average Bonchev–Trinajstić information content (AvgIpc) is 3.28. The zero-order valence-electron chi connectivity index (χ0n) is 20.0. The molecule has 4 rings (SSSR count). The molecule has 1 unspecified atom stereocenters. The predicted octanol–water partition coefficient (Wildman–Crippen LogP) is 2.54. The molecule has 11 heteroatoms. The highest BCUT2D eigenvalue weighted by atomic mass is 32.1. The van der Waals surface area contributed by atoms with Crippen LogP contribution in [-0.2, 0) is 25.6 Å². The Labute approximate surface area is 214 Å². The molecule has 0 spiro atoms. The summed E-state index contributed by atoms with van der Waals surface area (Å²) in [5, 5.41) is 3.06. The summed E-state index contributed by atoms with van der Waals surface area (Å²) >= 11 is 4.92. The first kappa shape index (κ1) is 25.6. The first-order valence-corrected chi connectivity index (χ1v) is 12.1. The lowest BCUT2D eigenvalue weighted by molar-refractivity contribution is -0.136. The molecule has 9 nitrogen and oxygen atoms in total. The van der Waals surface area contributed by atoms with Crippen molar-refractivity contribution in [3.63, 3.8) is 0 Å². The number of ether oxygens (including phenoxy) is 3. The van der Waals surface area contributed by atoms with Gasteiger partial charge in [0.1, 0.15) is 18.5 Å². The molecule has 1 N–H and O–H groups in total. The molecule has 0 bridgehead atoms. The molecule has 2 fully saturated rings. The molecule has 2 aromatic carbocycles. The Kier molecular flexibility index (Phi) is 8.55. The van der Waals surface area contributed by atoms with Crippen molar-refractivity contribution in [1.29, 1.82) is 0 Å². The maximum absolute atomic E-state index is 15.0. The van der Waals surface area contributed by atoms with Crippen LogP contribution in [0.3, 0.4) is 0 Å². The monoisotopic (exact) mass is 516 g/mol. The second-order valence-corrected chi connectivity index (χ2v) is 8.84. The van der Waals surface area contributed by atoms with E-state index in [1.165, 1.54) is 18.1 Å². The van der Waals surface area contributed by atoms with E-state index >= 15 is 4.39 Å². The number of halogens is 1. The van der Waals surface area contributed by atoms with Gasteiger partial charge in [0.25, 0.3) is 5.17 Å². The van der Waals surface area contributed by atoms with E-state index in [-0.39, 0.29) is 24.2 Å². The molecule has 0 saturated carbocycles. The molecule has 2 aromatic rings. The summed E-state index contributed by atoms with van der Waals surface area (Å²) in [4.78, 5) is 29.8. The van der Waals surface area contributed by atoms with Crippen molar-refractivity contribution in [1.82, 2.24) is 10.2 Å². The number of carbonyl (C=O) groups is 2. The standard InChI is InChI=1S/C25H29FN4O5S/c1-33-24(36)27-14-20-15-30(25(32)35-20)19-7-8-22(21(26)13-19)28-9-11-29(12-10-28)23(31)17-34-16-18-5-3-2-4-6-18/h2-8,13,20H,9-12,14-17H2,1H3,(H,27,36). The van der Waals surface area contributed by atoms with Gasteiger partial charge >= 0.3 is 6.09 Å². The van der Waals surface area contributed by atoms with Crippen LogP contribution in [0.25, 0.3) is 0 Å². The van der Waals surface area contributed by atoms with Crippen LogP contribution in [0.5, 0.6) is 0 Å². The van der Waals surface area contributed by atoms with Gasteiger partial charge in [-0.15, -0.1) is 0 Å². The highest BCUT2D eigenvalue weighted by molar-refractivity contribution is 7.80. The maximum atomic E-state index is 15.0. The van der Waals surface area contributed by atoms with Crippen molar-refractivity contribution in [3.8, 4) is 0 Å². The summed E-state index contributed by atoms with van der Waals surface area (Å²) in [5.74, 6) is -0.516. The van der Waals surface area contributed by atoms with Crippen molar-refractivity contribution in [2.45, 2.75) is 12.7 Å². The van der Waals surface area contributed by atoms with E-state index in [0.29, 0.717) is 50.7 Å². The third-order valence-corrected chi connectivity index (χ3v) is 6.40. The number of benzene rings is 2. The highest BCUT2D eigenvalue weighted by Gasteiger charge is 2.33. The largest absolute Gasteiger partial charge is 0.474 e. The summed E-state index contributed by atoms with van der Waals surface area (Å²) in [6.07, 6.45) is -0.977. The minimum absolute atomic E-state index is 0.0116. The topological polar surface area (TPSA) is 83.6 Å². The number of methoxy groups -OCH3 is 1. The molecule has 1 atom stereocenters. The van der Waals surface area contributed by atoms with Gasteiger partial charge in [-0.1, -0.05) is 30.3 Å². The highest BCUT2D eigenvalue weighted by Crippen LogP contribution is 2.28. The first-order chi connectivity index (χ1) is 17.4. The van der Waals surface area contributed by atoms with Crippen LogP contribution >= 0.6 is 12.2 Å². The van der Waals surface area contributed by atoms with Gasteiger partial charge in [-0.3, -0.25) is 9.69 Å². The van der Waals surface area contributed by atoms with Crippen molar-refractivity contribution in [2.75, 3.05) is 62.8 Å². The molecule has 2 heterocycles. The van der Waals surface area contributed by atoms with E-state index in [0.717, 1.165) is 5.56 Å². The fraction of sp³-hybridized carbons (Fsp3) is 0.400. The van der Waals surface area contributed by atoms with E-state index < -0.39 is 18.0 Å². The molecular formula is C25H29FN4O5S. The Morgan fingerprint density at radius 1 is 1.17 bits per heavy atom. The molecule has 2 aliphatic heterocycles. The van der Waals surface area contributed by atoms with Gasteiger partial charge in [0.15, 0.2) is 0 Å². The average molecular weight is 517 g/mol. The minimum atomic E-state index is -0.543. The number of hydrogen-bond donors (Lipinski definition) is 1. The van der Waals surface area contributed by atoms with E-state index in [1.54, 1.807) is 17.0 Å². The van der Waals surface area contributed by atoms with Crippen molar-refractivity contribution >= 4 is 40.8 Å². The number of nitrogens with one attached hydrogen (secondary N) is 1.